The lowest BCUT2D eigenvalue weighted by atomic mass is 9.16. The van der Waals surface area contributed by atoms with E-state index in [0.717, 1.165) is 66.2 Å². The van der Waals surface area contributed by atoms with E-state index in [-0.39, 0.29) is 0 Å². The minimum Gasteiger partial charge on any atom is -0.314 e. The molecule has 1 spiro atoms. The Labute approximate surface area is 241 Å². The van der Waals surface area contributed by atoms with E-state index in [2.05, 4.69) is 15.5 Å². The predicted octanol–water partition coefficient (Wildman–Crippen LogP) is 7.83. The Morgan fingerprint density at radius 3 is 1.90 bits per heavy atom. The van der Waals surface area contributed by atoms with Gasteiger partial charge in [-0.1, -0.05) is 108 Å². The minimum absolute atomic E-state index is 0.517. The second-order valence-corrected chi connectivity index (χ2v) is 16.1. The normalized spacial score (nSPS) is 48.2. The molecule has 0 aromatic carbocycles. The average Bonchev–Trinajstić information content (AvgIpc) is 3.02. The zero-order valence-corrected chi connectivity index (χ0v) is 25.3. The minimum atomic E-state index is 0.517. The molecule has 9 unspecified atom stereocenters. The van der Waals surface area contributed by atoms with Gasteiger partial charge in [0.1, 0.15) is 0 Å². The molecule has 0 radical (unpaired) electrons. The molecule has 4 heteroatoms. The molecule has 8 rings (SSSR count). The molecule has 9 atom stereocenters. The smallest absolute Gasteiger partial charge is 0.151 e. The van der Waals surface area contributed by atoms with Gasteiger partial charge in [0, 0.05) is 35.6 Å². The molecule has 0 aromatic heterocycles. The number of nitrogens with zero attached hydrogens (tertiary/aromatic N) is 1. The van der Waals surface area contributed by atoms with Crippen molar-refractivity contribution in [2.24, 2.45) is 17.3 Å². The van der Waals surface area contributed by atoms with E-state index in [1.807, 2.05) is 0 Å². The SMILES string of the molecule is C1CCC(B2C3CCCCC3C3(C4CCCCC4N(C4CCCCC4)C4CCCNC43)C3NCCCC23)CC1. The highest BCUT2D eigenvalue weighted by Gasteiger charge is 2.71. The summed E-state index contributed by atoms with van der Waals surface area (Å²) in [5.41, 5.74) is 0.517. The second kappa shape index (κ2) is 11.2. The van der Waals surface area contributed by atoms with Crippen LogP contribution < -0.4 is 10.6 Å². The summed E-state index contributed by atoms with van der Waals surface area (Å²) in [7, 11) is 0. The fraction of sp³-hybridized carbons (Fsp3) is 1.00. The van der Waals surface area contributed by atoms with Gasteiger partial charge in [-0.25, -0.2) is 0 Å². The number of nitrogens with one attached hydrogen (secondary N) is 2. The fourth-order valence-electron chi connectivity index (χ4n) is 14.0. The summed E-state index contributed by atoms with van der Waals surface area (Å²) in [6, 6.07) is 4.16. The van der Waals surface area contributed by atoms with Crippen molar-refractivity contribution in [2.75, 3.05) is 13.1 Å². The summed E-state index contributed by atoms with van der Waals surface area (Å²) < 4.78 is 0. The van der Waals surface area contributed by atoms with Crippen LogP contribution >= 0.6 is 0 Å². The molecule has 218 valence electrons. The third-order valence-electron chi connectivity index (χ3n) is 14.8. The summed E-state index contributed by atoms with van der Waals surface area (Å²) in [5, 5.41) is 8.95. The molecule has 8 aliphatic rings. The molecule has 4 saturated heterocycles. The number of hydrogen-bond donors (Lipinski definition) is 2. The lowest BCUT2D eigenvalue weighted by Gasteiger charge is -2.74. The van der Waals surface area contributed by atoms with Crippen molar-refractivity contribution in [2.45, 2.75) is 189 Å². The first-order chi connectivity index (χ1) is 19.4. The largest absolute Gasteiger partial charge is 0.314 e. The number of piperidine rings is 3. The van der Waals surface area contributed by atoms with E-state index in [1.54, 1.807) is 38.5 Å². The van der Waals surface area contributed by atoms with Gasteiger partial charge >= 0.3 is 0 Å². The molecule has 8 fully saturated rings. The zero-order valence-electron chi connectivity index (χ0n) is 25.3. The van der Waals surface area contributed by atoms with Crippen molar-refractivity contribution in [1.82, 2.24) is 15.5 Å². The maximum Gasteiger partial charge on any atom is 0.151 e. The third-order valence-corrected chi connectivity index (χ3v) is 14.8. The van der Waals surface area contributed by atoms with Crippen LogP contribution in [0.4, 0.5) is 0 Å². The second-order valence-electron chi connectivity index (χ2n) is 16.1. The molecule has 2 N–H and O–H groups in total. The van der Waals surface area contributed by atoms with Crippen LogP contribution in [0.5, 0.6) is 0 Å². The topological polar surface area (TPSA) is 27.3 Å². The Morgan fingerprint density at radius 2 is 1.08 bits per heavy atom. The summed E-state index contributed by atoms with van der Waals surface area (Å²) in [6.07, 6.45) is 33.4. The van der Waals surface area contributed by atoms with Gasteiger partial charge in [0.15, 0.2) is 6.71 Å². The van der Waals surface area contributed by atoms with Crippen molar-refractivity contribution in [3.8, 4) is 0 Å². The molecule has 4 aliphatic heterocycles. The van der Waals surface area contributed by atoms with Gasteiger partial charge in [0.2, 0.25) is 0 Å². The van der Waals surface area contributed by atoms with Gasteiger partial charge in [-0.2, -0.15) is 0 Å². The first-order valence-electron chi connectivity index (χ1n) is 18.6. The molecule has 4 saturated carbocycles. The van der Waals surface area contributed by atoms with Crippen LogP contribution in [0, 0.1) is 17.3 Å². The van der Waals surface area contributed by atoms with E-state index < -0.39 is 0 Å². The number of likely N-dealkylation sites (tertiary alicyclic amines) is 1. The molecule has 0 amide bonds. The van der Waals surface area contributed by atoms with Crippen molar-refractivity contribution in [3.63, 3.8) is 0 Å². The first-order valence-corrected chi connectivity index (χ1v) is 18.6. The quantitative estimate of drug-likeness (QED) is 0.354. The van der Waals surface area contributed by atoms with E-state index >= 15 is 0 Å². The maximum absolute atomic E-state index is 4.49. The van der Waals surface area contributed by atoms with Gasteiger partial charge in [-0.05, 0) is 75.7 Å². The summed E-state index contributed by atoms with van der Waals surface area (Å²) in [5.74, 6) is 4.98. The van der Waals surface area contributed by atoms with Gasteiger partial charge < -0.3 is 10.6 Å². The van der Waals surface area contributed by atoms with E-state index in [9.17, 15) is 0 Å². The van der Waals surface area contributed by atoms with Crippen LogP contribution in [-0.4, -0.2) is 54.9 Å². The number of hydrogen-bond acceptors (Lipinski definition) is 3. The molecule has 4 aliphatic carbocycles. The summed E-state index contributed by atoms with van der Waals surface area (Å²) in [4.78, 5) is 3.30. The van der Waals surface area contributed by atoms with Crippen LogP contribution in [0.2, 0.25) is 17.5 Å². The lowest BCUT2D eigenvalue weighted by molar-refractivity contribution is -0.180. The fourth-order valence-corrected chi connectivity index (χ4v) is 14.0. The highest BCUT2D eigenvalue weighted by molar-refractivity contribution is 6.64. The summed E-state index contributed by atoms with van der Waals surface area (Å²) >= 11 is 0. The Hall–Kier alpha value is -0.0551. The molecule has 3 nitrogen and oxygen atoms in total. The Bertz CT molecular complexity index is 716. The number of rotatable bonds is 2. The van der Waals surface area contributed by atoms with Crippen molar-refractivity contribution < 1.29 is 0 Å². The van der Waals surface area contributed by atoms with Crippen LogP contribution in [0.15, 0.2) is 0 Å². The lowest BCUT2D eigenvalue weighted by Crippen LogP contribution is -2.82. The summed E-state index contributed by atoms with van der Waals surface area (Å²) in [6.45, 7) is 3.64. The Balaban J connectivity index is 1.26. The molecular weight excluding hydrogens is 473 g/mol. The number of fused-ring (bicyclic) bond motifs is 8. The predicted molar refractivity (Wildman–Crippen MR) is 165 cm³/mol. The molecule has 0 bridgehead atoms. The molecule has 0 aromatic rings. The van der Waals surface area contributed by atoms with Gasteiger partial charge in [-0.3, -0.25) is 4.90 Å². The van der Waals surface area contributed by atoms with Crippen molar-refractivity contribution in [3.05, 3.63) is 0 Å². The van der Waals surface area contributed by atoms with Gasteiger partial charge in [0.05, 0.1) is 0 Å². The third kappa shape index (κ3) is 4.21. The maximum atomic E-state index is 4.49. The highest BCUT2D eigenvalue weighted by Crippen LogP contribution is 2.69. The van der Waals surface area contributed by atoms with Crippen LogP contribution in [-0.2, 0) is 0 Å². The van der Waals surface area contributed by atoms with Crippen molar-refractivity contribution in [1.29, 1.82) is 0 Å². The van der Waals surface area contributed by atoms with E-state index in [4.69, 9.17) is 0 Å². The first kappa shape index (κ1) is 26.6. The van der Waals surface area contributed by atoms with E-state index in [0.29, 0.717) is 5.41 Å². The highest BCUT2D eigenvalue weighted by atomic mass is 15.3. The van der Waals surface area contributed by atoms with Gasteiger partial charge in [0.25, 0.3) is 0 Å². The molecular formula is C35H60BN3. The molecule has 4 heterocycles. The van der Waals surface area contributed by atoms with Crippen molar-refractivity contribution >= 4 is 6.71 Å². The average molecular weight is 534 g/mol. The molecule has 39 heavy (non-hydrogen) atoms. The zero-order chi connectivity index (χ0) is 25.8. The van der Waals surface area contributed by atoms with Crippen LogP contribution in [0.1, 0.15) is 141 Å². The van der Waals surface area contributed by atoms with E-state index in [1.165, 1.54) is 116 Å². The van der Waals surface area contributed by atoms with Gasteiger partial charge in [-0.15, -0.1) is 0 Å². The monoisotopic (exact) mass is 533 g/mol. The standard InChI is InChI=1S/C35H60BN3/c1-3-13-25(14-4-1)36-29-19-9-7-17-27(29)35(33-30(36)20-11-23-37-33)28-18-8-10-21-31(28)39(26-15-5-2-6-16-26)32-22-12-24-38-34(32)35/h25-34,37-38H,1-24H2. The Kier molecular flexibility index (Phi) is 7.64. The van der Waals surface area contributed by atoms with Crippen LogP contribution in [0.3, 0.4) is 0 Å². The Morgan fingerprint density at radius 1 is 0.487 bits per heavy atom. The van der Waals surface area contributed by atoms with Crippen LogP contribution in [0.25, 0.3) is 0 Å².